The molecule has 0 saturated carbocycles. The molecule has 0 aliphatic heterocycles. The molecule has 0 saturated heterocycles. The Balaban J connectivity index is 1.37. The number of nitrogens with zero attached hydrogens (tertiary/aromatic N) is 4. The van der Waals surface area contributed by atoms with Crippen molar-refractivity contribution in [2.75, 3.05) is 7.11 Å². The lowest BCUT2D eigenvalue weighted by Gasteiger charge is -2.12. The van der Waals surface area contributed by atoms with Crippen LogP contribution in [-0.4, -0.2) is 26.9 Å². The third-order valence-corrected chi connectivity index (χ3v) is 6.11. The number of aromatic nitrogens is 4. The Bertz CT molecular complexity index is 1400. The van der Waals surface area contributed by atoms with E-state index in [1.807, 2.05) is 30.3 Å². The zero-order valence-electron chi connectivity index (χ0n) is 18.8. The van der Waals surface area contributed by atoms with Gasteiger partial charge in [-0.15, -0.1) is 10.2 Å². The number of methoxy groups -OCH3 is 1. The van der Waals surface area contributed by atoms with Crippen LogP contribution in [0.5, 0.6) is 11.5 Å². The third kappa shape index (κ3) is 5.20. The maximum atomic E-state index is 14.7. The molecule has 2 heterocycles. The SMILES string of the molecule is COc1ccc(OCc2nnc(SCc3coc(-c4ccccc4)n3)n2-c2ccccc2F)cc1. The van der Waals surface area contributed by atoms with Gasteiger partial charge in [-0.25, -0.2) is 9.37 Å². The monoisotopic (exact) mass is 488 g/mol. The smallest absolute Gasteiger partial charge is 0.226 e. The lowest BCUT2D eigenvalue weighted by atomic mass is 10.2. The van der Waals surface area contributed by atoms with E-state index in [2.05, 4.69) is 15.2 Å². The Kier molecular flexibility index (Phi) is 6.76. The second-order valence-electron chi connectivity index (χ2n) is 7.45. The predicted octanol–water partition coefficient (Wildman–Crippen LogP) is 5.94. The summed E-state index contributed by atoms with van der Waals surface area (Å²) < 4.78 is 33.1. The van der Waals surface area contributed by atoms with Crippen LogP contribution in [0.4, 0.5) is 4.39 Å². The third-order valence-electron chi connectivity index (χ3n) is 5.14. The van der Waals surface area contributed by atoms with Crippen molar-refractivity contribution in [1.82, 2.24) is 19.7 Å². The van der Waals surface area contributed by atoms with Crippen molar-refractivity contribution in [2.24, 2.45) is 0 Å². The lowest BCUT2D eigenvalue weighted by molar-refractivity contribution is 0.292. The Morgan fingerprint density at radius 2 is 1.66 bits per heavy atom. The van der Waals surface area contributed by atoms with E-state index in [1.54, 1.807) is 60.4 Å². The number of halogens is 1. The molecule has 0 amide bonds. The summed E-state index contributed by atoms with van der Waals surface area (Å²) in [5.74, 6) is 2.48. The van der Waals surface area contributed by atoms with Crippen LogP contribution >= 0.6 is 11.8 Å². The van der Waals surface area contributed by atoms with Crippen LogP contribution in [0.2, 0.25) is 0 Å². The van der Waals surface area contributed by atoms with E-state index in [0.717, 1.165) is 17.0 Å². The molecule has 0 N–H and O–H groups in total. The van der Waals surface area contributed by atoms with Gasteiger partial charge in [-0.1, -0.05) is 42.1 Å². The van der Waals surface area contributed by atoms with Crippen LogP contribution < -0.4 is 9.47 Å². The van der Waals surface area contributed by atoms with Crippen molar-refractivity contribution in [3.63, 3.8) is 0 Å². The Morgan fingerprint density at radius 3 is 2.43 bits per heavy atom. The topological polar surface area (TPSA) is 75.2 Å². The molecule has 0 radical (unpaired) electrons. The maximum absolute atomic E-state index is 14.7. The summed E-state index contributed by atoms with van der Waals surface area (Å²) in [5, 5.41) is 9.10. The fraction of sp³-hybridized carbons (Fsp3) is 0.115. The van der Waals surface area contributed by atoms with E-state index < -0.39 is 0 Å². The number of thioether (sulfide) groups is 1. The van der Waals surface area contributed by atoms with Gasteiger partial charge in [-0.3, -0.25) is 4.57 Å². The molecule has 176 valence electrons. The lowest BCUT2D eigenvalue weighted by Crippen LogP contribution is -2.08. The van der Waals surface area contributed by atoms with E-state index in [4.69, 9.17) is 13.9 Å². The number of oxazole rings is 1. The summed E-state index contributed by atoms with van der Waals surface area (Å²) in [5.41, 5.74) is 1.99. The fourth-order valence-electron chi connectivity index (χ4n) is 3.41. The van der Waals surface area contributed by atoms with Crippen LogP contribution in [-0.2, 0) is 12.4 Å². The molecule has 35 heavy (non-hydrogen) atoms. The summed E-state index contributed by atoms with van der Waals surface area (Å²) in [6.45, 7) is 0.107. The largest absolute Gasteiger partial charge is 0.497 e. The minimum atomic E-state index is -0.382. The molecule has 0 aliphatic rings. The van der Waals surface area contributed by atoms with E-state index in [0.29, 0.717) is 34.1 Å². The molecular formula is C26H21FN4O3S. The Morgan fingerprint density at radius 1 is 0.914 bits per heavy atom. The molecule has 9 heteroatoms. The van der Waals surface area contributed by atoms with Gasteiger partial charge < -0.3 is 13.9 Å². The minimum absolute atomic E-state index is 0.107. The van der Waals surface area contributed by atoms with Gasteiger partial charge in [0.05, 0.1) is 18.5 Å². The predicted molar refractivity (Wildman–Crippen MR) is 130 cm³/mol. The summed E-state index contributed by atoms with van der Waals surface area (Å²) in [4.78, 5) is 4.56. The van der Waals surface area contributed by atoms with Crippen molar-refractivity contribution < 1.29 is 18.3 Å². The number of hydrogen-bond donors (Lipinski definition) is 0. The highest BCUT2D eigenvalue weighted by atomic mass is 32.2. The molecular weight excluding hydrogens is 467 g/mol. The quantitative estimate of drug-likeness (QED) is 0.238. The zero-order valence-corrected chi connectivity index (χ0v) is 19.6. The van der Waals surface area contributed by atoms with Crippen LogP contribution in [0, 0.1) is 5.82 Å². The Hall–Kier alpha value is -4.11. The fourth-order valence-corrected chi connectivity index (χ4v) is 4.25. The van der Waals surface area contributed by atoms with Crippen molar-refractivity contribution in [3.05, 3.63) is 102 Å². The molecule has 0 fully saturated rings. The molecule has 0 bridgehead atoms. The molecule has 7 nitrogen and oxygen atoms in total. The maximum Gasteiger partial charge on any atom is 0.226 e. The van der Waals surface area contributed by atoms with Crippen LogP contribution in [0.1, 0.15) is 11.5 Å². The normalized spacial score (nSPS) is 10.9. The molecule has 0 atom stereocenters. The van der Waals surface area contributed by atoms with Crippen molar-refractivity contribution >= 4 is 11.8 Å². The van der Waals surface area contributed by atoms with Gasteiger partial charge in [0.15, 0.2) is 11.0 Å². The summed E-state index contributed by atoms with van der Waals surface area (Å²) >= 11 is 1.39. The molecule has 0 spiro atoms. The average Bonchev–Trinajstić information content (AvgIpc) is 3.54. The van der Waals surface area contributed by atoms with Gasteiger partial charge in [0.2, 0.25) is 5.89 Å². The van der Waals surface area contributed by atoms with E-state index in [9.17, 15) is 4.39 Å². The number of rotatable bonds is 9. The average molecular weight is 489 g/mol. The number of hydrogen-bond acceptors (Lipinski definition) is 7. The van der Waals surface area contributed by atoms with Crippen LogP contribution in [0.25, 0.3) is 17.1 Å². The first-order valence-electron chi connectivity index (χ1n) is 10.8. The van der Waals surface area contributed by atoms with Gasteiger partial charge in [-0.05, 0) is 48.5 Å². The number of ether oxygens (including phenoxy) is 2. The van der Waals surface area contributed by atoms with E-state index in [-0.39, 0.29) is 12.4 Å². The van der Waals surface area contributed by atoms with Gasteiger partial charge in [0.25, 0.3) is 0 Å². The van der Waals surface area contributed by atoms with Gasteiger partial charge in [0, 0.05) is 11.3 Å². The number of benzene rings is 3. The standard InChI is InChI=1S/C26H21FN4O3S/c1-32-20-11-13-21(14-12-20)33-16-24-29-30-26(31(24)23-10-6-5-9-22(23)27)35-17-19-15-34-25(28-19)18-7-3-2-4-8-18/h2-15H,16-17H2,1H3. The second kappa shape index (κ2) is 10.4. The molecule has 5 rings (SSSR count). The highest BCUT2D eigenvalue weighted by Gasteiger charge is 2.19. The molecule has 0 unspecified atom stereocenters. The number of para-hydroxylation sites is 1. The van der Waals surface area contributed by atoms with Crippen LogP contribution in [0.3, 0.4) is 0 Å². The first-order chi connectivity index (χ1) is 17.2. The van der Waals surface area contributed by atoms with Gasteiger partial charge in [-0.2, -0.15) is 0 Å². The van der Waals surface area contributed by atoms with Gasteiger partial charge in [0.1, 0.15) is 30.2 Å². The summed E-state index contributed by atoms with van der Waals surface area (Å²) in [6, 6.07) is 23.4. The van der Waals surface area contributed by atoms with E-state index >= 15 is 0 Å². The van der Waals surface area contributed by atoms with Crippen LogP contribution in [0.15, 0.2) is 94.7 Å². The van der Waals surface area contributed by atoms with Crippen molar-refractivity contribution in [3.8, 4) is 28.6 Å². The highest BCUT2D eigenvalue weighted by molar-refractivity contribution is 7.98. The molecule has 5 aromatic rings. The van der Waals surface area contributed by atoms with E-state index in [1.165, 1.54) is 17.8 Å². The molecule has 0 aliphatic carbocycles. The summed E-state index contributed by atoms with van der Waals surface area (Å²) in [6.07, 6.45) is 1.62. The zero-order chi connectivity index (χ0) is 24.0. The second-order valence-corrected chi connectivity index (χ2v) is 8.39. The van der Waals surface area contributed by atoms with Crippen molar-refractivity contribution in [2.45, 2.75) is 17.5 Å². The highest BCUT2D eigenvalue weighted by Crippen LogP contribution is 2.28. The minimum Gasteiger partial charge on any atom is -0.497 e. The molecule has 3 aromatic carbocycles. The Labute approximate surface area is 205 Å². The van der Waals surface area contributed by atoms with Gasteiger partial charge >= 0.3 is 0 Å². The first-order valence-corrected chi connectivity index (χ1v) is 11.8. The summed E-state index contributed by atoms with van der Waals surface area (Å²) in [7, 11) is 1.60. The first kappa shape index (κ1) is 22.7. The van der Waals surface area contributed by atoms with Crippen molar-refractivity contribution in [1.29, 1.82) is 0 Å². The molecule has 2 aromatic heterocycles.